The SMILES string of the molecule is CC(C)(C)O[C@H]1CCCC2CC(O)C(O)C[C@@]21C. The molecule has 0 radical (unpaired) electrons. The lowest BCUT2D eigenvalue weighted by atomic mass is 9.57. The van der Waals surface area contributed by atoms with E-state index < -0.39 is 12.2 Å². The Morgan fingerprint density at radius 3 is 2.39 bits per heavy atom. The van der Waals surface area contributed by atoms with E-state index in [0.29, 0.717) is 12.3 Å². The van der Waals surface area contributed by atoms with Crippen molar-refractivity contribution in [1.29, 1.82) is 0 Å². The molecule has 2 rings (SSSR count). The Morgan fingerprint density at radius 2 is 1.78 bits per heavy atom. The van der Waals surface area contributed by atoms with Gasteiger partial charge in [0, 0.05) is 0 Å². The van der Waals surface area contributed by atoms with Crippen molar-refractivity contribution in [3.63, 3.8) is 0 Å². The Morgan fingerprint density at radius 1 is 1.11 bits per heavy atom. The predicted octanol–water partition coefficient (Wildman–Crippen LogP) is 2.49. The lowest BCUT2D eigenvalue weighted by Crippen LogP contribution is -2.54. The van der Waals surface area contributed by atoms with E-state index in [4.69, 9.17) is 4.74 Å². The van der Waals surface area contributed by atoms with Crippen molar-refractivity contribution in [1.82, 2.24) is 0 Å². The molecule has 2 fully saturated rings. The third kappa shape index (κ3) is 2.73. The van der Waals surface area contributed by atoms with Gasteiger partial charge in [-0.2, -0.15) is 0 Å². The van der Waals surface area contributed by atoms with E-state index in [0.717, 1.165) is 19.3 Å². The van der Waals surface area contributed by atoms with Crippen LogP contribution in [0, 0.1) is 11.3 Å². The van der Waals surface area contributed by atoms with Crippen molar-refractivity contribution in [2.45, 2.75) is 83.7 Å². The van der Waals surface area contributed by atoms with Gasteiger partial charge >= 0.3 is 0 Å². The summed E-state index contributed by atoms with van der Waals surface area (Å²) < 4.78 is 6.24. The minimum absolute atomic E-state index is 0.0180. The monoisotopic (exact) mass is 256 g/mol. The van der Waals surface area contributed by atoms with E-state index in [2.05, 4.69) is 27.7 Å². The van der Waals surface area contributed by atoms with Crippen molar-refractivity contribution >= 4 is 0 Å². The van der Waals surface area contributed by atoms with Gasteiger partial charge in [0.1, 0.15) is 0 Å². The second-order valence-electron chi connectivity index (χ2n) is 7.43. The third-order valence-electron chi connectivity index (χ3n) is 4.80. The van der Waals surface area contributed by atoms with Crippen LogP contribution in [-0.4, -0.2) is 34.1 Å². The highest BCUT2D eigenvalue weighted by Crippen LogP contribution is 2.52. The second kappa shape index (κ2) is 4.77. The molecule has 2 aliphatic carbocycles. The molecular weight excluding hydrogens is 228 g/mol. The number of ether oxygens (including phenoxy) is 1. The zero-order chi connectivity index (χ0) is 13.6. The van der Waals surface area contributed by atoms with Gasteiger partial charge in [-0.05, 0) is 57.8 Å². The van der Waals surface area contributed by atoms with Gasteiger partial charge in [-0.25, -0.2) is 0 Å². The average Bonchev–Trinajstić information content (AvgIpc) is 2.21. The first-order chi connectivity index (χ1) is 8.22. The molecule has 2 N–H and O–H groups in total. The summed E-state index contributed by atoms with van der Waals surface area (Å²) in [4.78, 5) is 0. The first kappa shape index (κ1) is 14.3. The van der Waals surface area contributed by atoms with Crippen molar-refractivity contribution in [3.05, 3.63) is 0 Å². The molecule has 0 aliphatic heterocycles. The molecule has 0 amide bonds. The quantitative estimate of drug-likeness (QED) is 0.758. The van der Waals surface area contributed by atoms with Crippen molar-refractivity contribution in [2.24, 2.45) is 11.3 Å². The largest absolute Gasteiger partial charge is 0.390 e. The van der Waals surface area contributed by atoms with Crippen LogP contribution < -0.4 is 0 Å². The standard InChI is InChI=1S/C15H28O3/c1-14(2,3)18-13-7-5-6-10-8-11(16)12(17)9-15(10,13)4/h10-13,16-17H,5-9H2,1-4H3/t10?,11?,12?,13-,15-/m0/s1. The van der Waals surface area contributed by atoms with Crippen LogP contribution in [0.15, 0.2) is 0 Å². The minimum atomic E-state index is -0.588. The topological polar surface area (TPSA) is 49.7 Å². The van der Waals surface area contributed by atoms with Crippen LogP contribution in [0.2, 0.25) is 0 Å². The zero-order valence-corrected chi connectivity index (χ0v) is 12.1. The van der Waals surface area contributed by atoms with Gasteiger partial charge in [0.25, 0.3) is 0 Å². The first-order valence-corrected chi connectivity index (χ1v) is 7.26. The van der Waals surface area contributed by atoms with Crippen LogP contribution in [0.1, 0.15) is 59.8 Å². The normalized spacial score (nSPS) is 45.7. The summed E-state index contributed by atoms with van der Waals surface area (Å²) in [6, 6.07) is 0. The number of aliphatic hydroxyl groups is 2. The molecule has 0 aromatic rings. The molecular formula is C15H28O3. The summed E-state index contributed by atoms with van der Waals surface area (Å²) >= 11 is 0. The second-order valence-corrected chi connectivity index (χ2v) is 7.43. The summed E-state index contributed by atoms with van der Waals surface area (Å²) in [5.74, 6) is 0.483. The summed E-state index contributed by atoms with van der Waals surface area (Å²) in [7, 11) is 0. The van der Waals surface area contributed by atoms with Crippen LogP contribution in [0.3, 0.4) is 0 Å². The Labute approximate surface area is 111 Å². The number of hydrogen-bond donors (Lipinski definition) is 2. The Hall–Kier alpha value is -0.120. The molecule has 0 aromatic heterocycles. The average molecular weight is 256 g/mol. The Balaban J connectivity index is 2.16. The number of rotatable bonds is 1. The zero-order valence-electron chi connectivity index (χ0n) is 12.1. The summed E-state index contributed by atoms with van der Waals surface area (Å²) in [6.45, 7) is 8.51. The molecule has 0 spiro atoms. The van der Waals surface area contributed by atoms with Gasteiger partial charge in [-0.15, -0.1) is 0 Å². The van der Waals surface area contributed by atoms with Crippen molar-refractivity contribution < 1.29 is 14.9 Å². The third-order valence-corrected chi connectivity index (χ3v) is 4.80. The molecule has 3 nitrogen and oxygen atoms in total. The van der Waals surface area contributed by atoms with Gasteiger partial charge in [0.15, 0.2) is 0 Å². The maximum Gasteiger partial charge on any atom is 0.0805 e. The Bertz CT molecular complexity index is 297. The van der Waals surface area contributed by atoms with Gasteiger partial charge in [-0.1, -0.05) is 13.3 Å². The van der Waals surface area contributed by atoms with Crippen LogP contribution >= 0.6 is 0 Å². The lowest BCUT2D eigenvalue weighted by Gasteiger charge is -2.53. The molecule has 3 heteroatoms. The molecule has 0 saturated heterocycles. The van der Waals surface area contributed by atoms with Crippen LogP contribution in [0.4, 0.5) is 0 Å². The fourth-order valence-corrected chi connectivity index (χ4v) is 3.81. The molecule has 2 aliphatic rings. The fourth-order valence-electron chi connectivity index (χ4n) is 3.81. The fraction of sp³-hybridized carbons (Fsp3) is 1.00. The van der Waals surface area contributed by atoms with E-state index in [-0.39, 0.29) is 17.1 Å². The number of aliphatic hydroxyl groups excluding tert-OH is 2. The van der Waals surface area contributed by atoms with E-state index in [1.165, 1.54) is 6.42 Å². The van der Waals surface area contributed by atoms with Crippen LogP contribution in [-0.2, 0) is 4.74 Å². The van der Waals surface area contributed by atoms with Gasteiger partial charge in [0.05, 0.1) is 23.9 Å². The van der Waals surface area contributed by atoms with Crippen molar-refractivity contribution in [2.75, 3.05) is 0 Å². The van der Waals surface area contributed by atoms with Gasteiger partial charge in [-0.3, -0.25) is 0 Å². The van der Waals surface area contributed by atoms with E-state index >= 15 is 0 Å². The molecule has 106 valence electrons. The van der Waals surface area contributed by atoms with Crippen LogP contribution in [0.25, 0.3) is 0 Å². The maximum atomic E-state index is 9.99. The van der Waals surface area contributed by atoms with E-state index in [1.807, 2.05) is 0 Å². The van der Waals surface area contributed by atoms with E-state index in [9.17, 15) is 10.2 Å². The summed E-state index contributed by atoms with van der Waals surface area (Å²) in [5.41, 5.74) is -0.124. The summed E-state index contributed by atoms with van der Waals surface area (Å²) in [5, 5.41) is 19.9. The van der Waals surface area contributed by atoms with Crippen LogP contribution in [0.5, 0.6) is 0 Å². The minimum Gasteiger partial charge on any atom is -0.390 e. The van der Waals surface area contributed by atoms with Gasteiger partial charge in [0.2, 0.25) is 0 Å². The molecule has 0 aromatic carbocycles. The molecule has 5 atom stereocenters. The van der Waals surface area contributed by atoms with E-state index in [1.54, 1.807) is 0 Å². The summed E-state index contributed by atoms with van der Waals surface area (Å²) in [6.07, 6.45) is 3.87. The number of fused-ring (bicyclic) bond motifs is 1. The molecule has 2 saturated carbocycles. The smallest absolute Gasteiger partial charge is 0.0805 e. The predicted molar refractivity (Wildman–Crippen MR) is 71.3 cm³/mol. The molecule has 18 heavy (non-hydrogen) atoms. The molecule has 0 bridgehead atoms. The highest BCUT2D eigenvalue weighted by atomic mass is 16.5. The molecule has 0 heterocycles. The molecule has 3 unspecified atom stereocenters. The van der Waals surface area contributed by atoms with Gasteiger partial charge < -0.3 is 14.9 Å². The number of hydrogen-bond acceptors (Lipinski definition) is 3. The van der Waals surface area contributed by atoms with Crippen molar-refractivity contribution in [3.8, 4) is 0 Å². The highest BCUT2D eigenvalue weighted by molar-refractivity contribution is 5.01. The first-order valence-electron chi connectivity index (χ1n) is 7.26. The highest BCUT2D eigenvalue weighted by Gasteiger charge is 2.51. The maximum absolute atomic E-state index is 9.99. The lowest BCUT2D eigenvalue weighted by molar-refractivity contribution is -0.188. The Kier molecular flexibility index (Phi) is 3.79.